The number of pyridine rings is 1. The normalized spacial score (nSPS) is 11.2. The molecule has 0 spiro atoms. The van der Waals surface area contributed by atoms with Crippen molar-refractivity contribution in [1.29, 1.82) is 0 Å². The van der Waals surface area contributed by atoms with Crippen LogP contribution in [0.2, 0.25) is 0 Å². The van der Waals surface area contributed by atoms with Crippen LogP contribution < -0.4 is 5.32 Å². The fraction of sp³-hybridized carbons (Fsp3) is 0.455. The Balaban J connectivity index is 2.75. The van der Waals surface area contributed by atoms with Crippen LogP contribution in [0.4, 0.5) is 4.39 Å². The van der Waals surface area contributed by atoms with Crippen molar-refractivity contribution in [2.24, 2.45) is 0 Å². The predicted octanol–water partition coefficient (Wildman–Crippen LogP) is 2.08. The molecule has 0 saturated heterocycles. The average Bonchev–Trinajstić information content (AvgIpc) is 2.15. The van der Waals surface area contributed by atoms with E-state index in [1.54, 1.807) is 6.07 Å². The van der Waals surface area contributed by atoms with Gasteiger partial charge in [0.05, 0.1) is 11.3 Å². The molecule has 0 aliphatic rings. The van der Waals surface area contributed by atoms with Crippen LogP contribution in [0.5, 0.6) is 0 Å². The van der Waals surface area contributed by atoms with Crippen molar-refractivity contribution in [2.75, 3.05) is 0 Å². The van der Waals surface area contributed by atoms with E-state index in [1.807, 2.05) is 20.8 Å². The Morgan fingerprint density at radius 1 is 1.47 bits per heavy atom. The number of halogens is 1. The van der Waals surface area contributed by atoms with Crippen LogP contribution >= 0.6 is 0 Å². The fourth-order valence-corrected chi connectivity index (χ4v) is 1.05. The molecular formula is C11H15FN2O. The van der Waals surface area contributed by atoms with Gasteiger partial charge >= 0.3 is 0 Å². The zero-order valence-corrected chi connectivity index (χ0v) is 9.17. The molecule has 1 aromatic rings. The molecule has 0 bridgehead atoms. The number of carbonyl (C=O) groups is 1. The summed E-state index contributed by atoms with van der Waals surface area (Å²) in [5.74, 6) is -0.194. The monoisotopic (exact) mass is 210 g/mol. The van der Waals surface area contributed by atoms with E-state index in [1.165, 1.54) is 12.3 Å². The maximum Gasteiger partial charge on any atom is 0.253 e. The third-order valence-corrected chi connectivity index (χ3v) is 1.71. The highest BCUT2D eigenvalue weighted by molar-refractivity contribution is 5.94. The van der Waals surface area contributed by atoms with E-state index in [2.05, 4.69) is 10.3 Å². The lowest BCUT2D eigenvalue weighted by atomic mass is 10.1. The predicted molar refractivity (Wildman–Crippen MR) is 56.3 cm³/mol. The molecule has 15 heavy (non-hydrogen) atoms. The third-order valence-electron chi connectivity index (χ3n) is 1.71. The molecule has 0 aliphatic carbocycles. The highest BCUT2D eigenvalue weighted by Gasteiger charge is 2.15. The van der Waals surface area contributed by atoms with Crippen molar-refractivity contribution in [3.05, 3.63) is 29.6 Å². The van der Waals surface area contributed by atoms with Gasteiger partial charge in [-0.1, -0.05) is 0 Å². The quantitative estimate of drug-likeness (QED) is 0.812. The number of rotatable bonds is 2. The van der Waals surface area contributed by atoms with Gasteiger partial charge in [-0.3, -0.25) is 9.78 Å². The Kier molecular flexibility index (Phi) is 3.39. The lowest BCUT2D eigenvalue weighted by molar-refractivity contribution is 0.0919. The topological polar surface area (TPSA) is 42.0 Å². The molecule has 1 rings (SSSR count). The van der Waals surface area contributed by atoms with E-state index >= 15 is 0 Å². The largest absolute Gasteiger partial charge is 0.347 e. The summed E-state index contributed by atoms with van der Waals surface area (Å²) in [6.45, 7) is 5.08. The number of hydrogen-bond donors (Lipinski definition) is 1. The van der Waals surface area contributed by atoms with Gasteiger partial charge in [0.1, 0.15) is 6.67 Å². The van der Waals surface area contributed by atoms with Crippen molar-refractivity contribution in [3.8, 4) is 0 Å². The first-order chi connectivity index (χ1) is 6.92. The Bertz CT molecular complexity index is 341. The summed E-state index contributed by atoms with van der Waals surface area (Å²) in [4.78, 5) is 15.4. The molecule has 3 nitrogen and oxygen atoms in total. The van der Waals surface area contributed by atoms with Crippen LogP contribution in [0, 0.1) is 0 Å². The SMILES string of the molecule is CC(C)(C)NC(=O)c1ccc(CF)nc1. The fourth-order valence-electron chi connectivity index (χ4n) is 1.05. The minimum Gasteiger partial charge on any atom is -0.347 e. The summed E-state index contributed by atoms with van der Waals surface area (Å²) in [5, 5.41) is 2.80. The van der Waals surface area contributed by atoms with Gasteiger partial charge in [-0.15, -0.1) is 0 Å². The van der Waals surface area contributed by atoms with Crippen molar-refractivity contribution in [1.82, 2.24) is 10.3 Å². The van der Waals surface area contributed by atoms with Gasteiger partial charge in [0, 0.05) is 11.7 Å². The molecule has 0 radical (unpaired) electrons. The Morgan fingerprint density at radius 3 is 2.53 bits per heavy atom. The smallest absolute Gasteiger partial charge is 0.253 e. The second kappa shape index (κ2) is 4.38. The van der Waals surface area contributed by atoms with Crippen LogP contribution in [0.1, 0.15) is 36.8 Å². The summed E-state index contributed by atoms with van der Waals surface area (Å²) in [5.41, 5.74) is 0.500. The number of nitrogens with one attached hydrogen (secondary N) is 1. The summed E-state index contributed by atoms with van der Waals surface area (Å²) < 4.78 is 12.2. The van der Waals surface area contributed by atoms with Crippen LogP contribution in [-0.4, -0.2) is 16.4 Å². The molecule has 0 atom stereocenters. The first kappa shape index (κ1) is 11.6. The summed E-state index contributed by atoms with van der Waals surface area (Å²) in [6, 6.07) is 3.08. The van der Waals surface area contributed by atoms with E-state index in [9.17, 15) is 9.18 Å². The molecule has 0 saturated carbocycles. The van der Waals surface area contributed by atoms with Crippen LogP contribution in [0.3, 0.4) is 0 Å². The molecule has 1 N–H and O–H groups in total. The highest BCUT2D eigenvalue weighted by atomic mass is 19.1. The van der Waals surface area contributed by atoms with Gasteiger partial charge < -0.3 is 5.32 Å². The molecule has 0 aliphatic heterocycles. The van der Waals surface area contributed by atoms with Crippen molar-refractivity contribution >= 4 is 5.91 Å². The number of alkyl halides is 1. The van der Waals surface area contributed by atoms with Gasteiger partial charge in [0.2, 0.25) is 0 Å². The van der Waals surface area contributed by atoms with Gasteiger partial charge in [-0.25, -0.2) is 4.39 Å². The van der Waals surface area contributed by atoms with Crippen molar-refractivity contribution in [2.45, 2.75) is 33.0 Å². The van der Waals surface area contributed by atoms with E-state index in [0.717, 1.165) is 0 Å². The zero-order valence-electron chi connectivity index (χ0n) is 9.17. The second-order valence-electron chi connectivity index (χ2n) is 4.38. The van der Waals surface area contributed by atoms with Crippen LogP contribution in [-0.2, 0) is 6.67 Å². The molecule has 0 fully saturated rings. The average molecular weight is 210 g/mol. The van der Waals surface area contributed by atoms with Gasteiger partial charge in [0.25, 0.3) is 5.91 Å². The maximum absolute atomic E-state index is 12.2. The van der Waals surface area contributed by atoms with Crippen LogP contribution in [0.15, 0.2) is 18.3 Å². The van der Waals surface area contributed by atoms with Crippen molar-refractivity contribution in [3.63, 3.8) is 0 Å². The number of aromatic nitrogens is 1. The van der Waals surface area contributed by atoms with Crippen LogP contribution in [0.25, 0.3) is 0 Å². The third kappa shape index (κ3) is 3.65. The minimum absolute atomic E-state index is 0.194. The Labute approximate surface area is 88.7 Å². The molecule has 4 heteroatoms. The van der Waals surface area contributed by atoms with Gasteiger partial charge in [0.15, 0.2) is 0 Å². The van der Waals surface area contributed by atoms with E-state index < -0.39 is 6.67 Å². The lowest BCUT2D eigenvalue weighted by Crippen LogP contribution is -2.40. The van der Waals surface area contributed by atoms with Gasteiger partial charge in [-0.2, -0.15) is 0 Å². The molecular weight excluding hydrogens is 195 g/mol. The summed E-state index contributed by atoms with van der Waals surface area (Å²) >= 11 is 0. The second-order valence-corrected chi connectivity index (χ2v) is 4.38. The van der Waals surface area contributed by atoms with Gasteiger partial charge in [-0.05, 0) is 32.9 Å². The maximum atomic E-state index is 12.2. The zero-order chi connectivity index (χ0) is 11.5. The van der Waals surface area contributed by atoms with E-state index in [4.69, 9.17) is 0 Å². The summed E-state index contributed by atoms with van der Waals surface area (Å²) in [7, 11) is 0. The Hall–Kier alpha value is -1.45. The molecule has 0 aromatic carbocycles. The molecule has 1 heterocycles. The lowest BCUT2D eigenvalue weighted by Gasteiger charge is -2.20. The first-order valence-electron chi connectivity index (χ1n) is 4.76. The van der Waals surface area contributed by atoms with E-state index in [0.29, 0.717) is 11.3 Å². The number of nitrogens with zero attached hydrogens (tertiary/aromatic N) is 1. The molecule has 1 aromatic heterocycles. The summed E-state index contributed by atoms with van der Waals surface area (Å²) in [6.07, 6.45) is 1.38. The van der Waals surface area contributed by atoms with Crippen molar-refractivity contribution < 1.29 is 9.18 Å². The number of carbonyl (C=O) groups excluding carboxylic acids is 1. The minimum atomic E-state index is -0.610. The standard InChI is InChI=1S/C11H15FN2O/c1-11(2,3)14-10(15)8-4-5-9(6-12)13-7-8/h4-5,7H,6H2,1-3H3,(H,14,15). The van der Waals surface area contributed by atoms with E-state index in [-0.39, 0.29) is 11.4 Å². The molecule has 82 valence electrons. The number of hydrogen-bond acceptors (Lipinski definition) is 2. The Morgan fingerprint density at radius 2 is 2.13 bits per heavy atom. The highest BCUT2D eigenvalue weighted by Crippen LogP contribution is 2.05. The number of amides is 1. The molecule has 0 unspecified atom stereocenters. The first-order valence-corrected chi connectivity index (χ1v) is 4.76. The molecule has 1 amide bonds.